The third kappa shape index (κ3) is 2.96. The predicted molar refractivity (Wildman–Crippen MR) is 53.1 cm³/mol. The number of carboxylic acids is 1. The number of ether oxygens (including phenoxy) is 3. The third-order valence-electron chi connectivity index (χ3n) is 1.93. The van der Waals surface area contributed by atoms with Crippen LogP contribution in [-0.2, 0) is 0 Å². The molecule has 0 saturated heterocycles. The number of rotatable bonds is 5. The predicted octanol–water partition coefficient (Wildman–Crippen LogP) is 2.00. The van der Waals surface area contributed by atoms with Crippen LogP contribution in [0.1, 0.15) is 10.4 Å². The SMILES string of the molecule is COc1cc(OC)c(C(=O)O)c(OC(F)F)c1. The van der Waals surface area contributed by atoms with E-state index in [0.717, 1.165) is 6.07 Å². The summed E-state index contributed by atoms with van der Waals surface area (Å²) in [5.74, 6) is -1.90. The Morgan fingerprint density at radius 1 is 1.24 bits per heavy atom. The van der Waals surface area contributed by atoms with E-state index in [1.165, 1.54) is 20.3 Å². The van der Waals surface area contributed by atoms with Crippen molar-refractivity contribution < 1.29 is 32.9 Å². The second-order valence-electron chi connectivity index (χ2n) is 2.89. The number of hydrogen-bond acceptors (Lipinski definition) is 4. The zero-order valence-corrected chi connectivity index (χ0v) is 9.07. The van der Waals surface area contributed by atoms with Crippen LogP contribution in [0.25, 0.3) is 0 Å². The Bertz CT molecular complexity index is 419. The van der Waals surface area contributed by atoms with Crippen LogP contribution in [0.3, 0.4) is 0 Å². The van der Waals surface area contributed by atoms with Crippen LogP contribution in [-0.4, -0.2) is 31.9 Å². The highest BCUT2D eigenvalue weighted by molar-refractivity contribution is 5.94. The molecule has 0 aliphatic carbocycles. The molecule has 1 N–H and O–H groups in total. The minimum Gasteiger partial charge on any atom is -0.496 e. The molecule has 94 valence electrons. The molecule has 0 spiro atoms. The first-order valence-electron chi connectivity index (χ1n) is 4.43. The van der Waals surface area contributed by atoms with Crippen LogP contribution in [0, 0.1) is 0 Å². The number of methoxy groups -OCH3 is 2. The van der Waals surface area contributed by atoms with E-state index < -0.39 is 23.9 Å². The summed E-state index contributed by atoms with van der Waals surface area (Å²) in [6.45, 7) is -3.13. The van der Waals surface area contributed by atoms with Gasteiger partial charge in [-0.15, -0.1) is 0 Å². The minimum absolute atomic E-state index is 0.118. The first-order valence-corrected chi connectivity index (χ1v) is 4.43. The molecule has 1 aromatic rings. The average molecular weight is 248 g/mol. The number of aromatic carboxylic acids is 1. The number of carboxylic acid groups (broad SMARTS) is 1. The average Bonchev–Trinajstić information content (AvgIpc) is 2.26. The fourth-order valence-corrected chi connectivity index (χ4v) is 1.24. The Kier molecular flexibility index (Phi) is 4.08. The lowest BCUT2D eigenvalue weighted by atomic mass is 10.1. The topological polar surface area (TPSA) is 65.0 Å². The van der Waals surface area contributed by atoms with Gasteiger partial charge in [0.1, 0.15) is 22.8 Å². The molecule has 7 heteroatoms. The van der Waals surface area contributed by atoms with E-state index in [9.17, 15) is 13.6 Å². The molecule has 1 aromatic carbocycles. The van der Waals surface area contributed by atoms with E-state index in [0.29, 0.717) is 0 Å². The van der Waals surface area contributed by atoms with Gasteiger partial charge < -0.3 is 19.3 Å². The van der Waals surface area contributed by atoms with Crippen molar-refractivity contribution >= 4 is 5.97 Å². The molecular formula is C10H10F2O5. The minimum atomic E-state index is -3.13. The van der Waals surface area contributed by atoms with E-state index in [4.69, 9.17) is 14.6 Å². The van der Waals surface area contributed by atoms with Crippen molar-refractivity contribution in [2.45, 2.75) is 6.61 Å². The van der Waals surface area contributed by atoms with Gasteiger partial charge in [-0.2, -0.15) is 8.78 Å². The molecule has 17 heavy (non-hydrogen) atoms. The zero-order chi connectivity index (χ0) is 13.0. The van der Waals surface area contributed by atoms with Crippen molar-refractivity contribution in [1.29, 1.82) is 0 Å². The summed E-state index contributed by atoms with van der Waals surface area (Å²) in [5, 5.41) is 8.91. The van der Waals surface area contributed by atoms with Gasteiger partial charge in [0.15, 0.2) is 0 Å². The van der Waals surface area contributed by atoms with E-state index >= 15 is 0 Å². The maximum atomic E-state index is 12.1. The van der Waals surface area contributed by atoms with Crippen molar-refractivity contribution in [3.63, 3.8) is 0 Å². The van der Waals surface area contributed by atoms with Gasteiger partial charge in [0.2, 0.25) is 0 Å². The lowest BCUT2D eigenvalue weighted by molar-refractivity contribution is -0.0505. The number of halogens is 2. The highest BCUT2D eigenvalue weighted by Gasteiger charge is 2.22. The molecule has 0 fully saturated rings. The fourth-order valence-electron chi connectivity index (χ4n) is 1.24. The number of carbonyl (C=O) groups is 1. The number of alkyl halides is 2. The van der Waals surface area contributed by atoms with Crippen LogP contribution in [0.2, 0.25) is 0 Å². The molecule has 0 saturated carbocycles. The fraction of sp³-hybridized carbons (Fsp3) is 0.300. The summed E-state index contributed by atoms with van der Waals surface area (Å²) >= 11 is 0. The number of benzene rings is 1. The maximum absolute atomic E-state index is 12.1. The molecule has 0 radical (unpaired) electrons. The van der Waals surface area contributed by atoms with Gasteiger partial charge in [-0.25, -0.2) is 4.79 Å². The molecule has 0 atom stereocenters. The Balaban J connectivity index is 3.35. The summed E-state index contributed by atoms with van der Waals surface area (Å²) in [6, 6.07) is 2.32. The van der Waals surface area contributed by atoms with Crippen molar-refractivity contribution in [2.24, 2.45) is 0 Å². The molecule has 0 amide bonds. The van der Waals surface area contributed by atoms with Crippen LogP contribution in [0.4, 0.5) is 8.78 Å². The van der Waals surface area contributed by atoms with Gasteiger partial charge in [-0.3, -0.25) is 0 Å². The monoisotopic (exact) mass is 248 g/mol. The first-order chi connectivity index (χ1) is 7.99. The van der Waals surface area contributed by atoms with Gasteiger partial charge >= 0.3 is 12.6 Å². The molecule has 0 aliphatic rings. The molecule has 5 nitrogen and oxygen atoms in total. The van der Waals surface area contributed by atoms with E-state index in [-0.39, 0.29) is 11.5 Å². The molecule has 0 aliphatic heterocycles. The van der Waals surface area contributed by atoms with Crippen LogP contribution in [0.15, 0.2) is 12.1 Å². The number of hydrogen-bond donors (Lipinski definition) is 1. The summed E-state index contributed by atoms with van der Waals surface area (Å²) in [5.41, 5.74) is -0.478. The van der Waals surface area contributed by atoms with Crippen LogP contribution >= 0.6 is 0 Å². The van der Waals surface area contributed by atoms with Gasteiger partial charge in [0.05, 0.1) is 14.2 Å². The highest BCUT2D eigenvalue weighted by Crippen LogP contribution is 2.34. The standard InChI is InChI=1S/C10H10F2O5/c1-15-5-3-6(16-2)8(9(13)14)7(4-5)17-10(11)12/h3-4,10H,1-2H3,(H,13,14). The summed E-state index contributed by atoms with van der Waals surface area (Å²) in [6.07, 6.45) is 0. The molecule has 0 bridgehead atoms. The quantitative estimate of drug-likeness (QED) is 0.863. The molecule has 0 aromatic heterocycles. The summed E-state index contributed by atoms with van der Waals surface area (Å²) < 4.78 is 38.0. The van der Waals surface area contributed by atoms with E-state index in [1.54, 1.807) is 0 Å². The van der Waals surface area contributed by atoms with Crippen molar-refractivity contribution in [3.8, 4) is 17.2 Å². The zero-order valence-electron chi connectivity index (χ0n) is 9.07. The van der Waals surface area contributed by atoms with Crippen LogP contribution < -0.4 is 14.2 Å². The third-order valence-corrected chi connectivity index (χ3v) is 1.93. The second-order valence-corrected chi connectivity index (χ2v) is 2.89. The Morgan fingerprint density at radius 2 is 1.82 bits per heavy atom. The maximum Gasteiger partial charge on any atom is 0.387 e. The Labute approximate surface area is 95.5 Å². The highest BCUT2D eigenvalue weighted by atomic mass is 19.3. The molecule has 0 unspecified atom stereocenters. The van der Waals surface area contributed by atoms with Gasteiger partial charge in [-0.05, 0) is 0 Å². The smallest absolute Gasteiger partial charge is 0.387 e. The van der Waals surface area contributed by atoms with E-state index in [2.05, 4.69) is 4.74 Å². The Hall–Kier alpha value is -2.05. The first kappa shape index (κ1) is 13.0. The summed E-state index contributed by atoms with van der Waals surface area (Å²) in [7, 11) is 2.52. The van der Waals surface area contributed by atoms with Crippen molar-refractivity contribution in [2.75, 3.05) is 14.2 Å². The van der Waals surface area contributed by atoms with E-state index in [1.807, 2.05) is 0 Å². The molecule has 1 rings (SSSR count). The Morgan fingerprint density at radius 3 is 2.24 bits per heavy atom. The van der Waals surface area contributed by atoms with Crippen molar-refractivity contribution in [1.82, 2.24) is 0 Å². The van der Waals surface area contributed by atoms with Gasteiger partial charge in [-0.1, -0.05) is 0 Å². The second kappa shape index (κ2) is 5.33. The summed E-state index contributed by atoms with van der Waals surface area (Å²) in [4.78, 5) is 10.9. The normalized spacial score (nSPS) is 10.2. The van der Waals surface area contributed by atoms with Gasteiger partial charge in [0, 0.05) is 12.1 Å². The van der Waals surface area contributed by atoms with Crippen LogP contribution in [0.5, 0.6) is 17.2 Å². The van der Waals surface area contributed by atoms with Crippen molar-refractivity contribution in [3.05, 3.63) is 17.7 Å². The largest absolute Gasteiger partial charge is 0.496 e. The van der Waals surface area contributed by atoms with Gasteiger partial charge in [0.25, 0.3) is 0 Å². The lowest BCUT2D eigenvalue weighted by Crippen LogP contribution is -2.09. The molecule has 0 heterocycles. The lowest BCUT2D eigenvalue weighted by Gasteiger charge is -2.13. The molecular weight excluding hydrogens is 238 g/mol.